The zero-order valence-corrected chi connectivity index (χ0v) is 13.4. The number of fused-ring (bicyclic) bond motifs is 1. The number of amides is 1. The van der Waals surface area contributed by atoms with E-state index in [1.807, 2.05) is 37.4 Å². The molecule has 6 heteroatoms. The topological polar surface area (TPSA) is 70.0 Å². The molecule has 6 nitrogen and oxygen atoms in total. The SMILES string of the molecule is CCOC(=O)N1CC[NH+](C[C@H](O)c2c[nH]c3ccccc23)CC1. The van der Waals surface area contributed by atoms with Crippen molar-refractivity contribution in [2.45, 2.75) is 13.0 Å². The molecule has 2 heterocycles. The van der Waals surface area contributed by atoms with E-state index in [9.17, 15) is 9.90 Å². The van der Waals surface area contributed by atoms with Gasteiger partial charge in [0.2, 0.25) is 0 Å². The summed E-state index contributed by atoms with van der Waals surface area (Å²) in [6, 6.07) is 8.00. The van der Waals surface area contributed by atoms with E-state index in [0.29, 0.717) is 26.2 Å². The fourth-order valence-electron chi connectivity index (χ4n) is 3.18. The molecule has 2 aromatic rings. The molecule has 0 spiro atoms. The predicted molar refractivity (Wildman–Crippen MR) is 87.4 cm³/mol. The van der Waals surface area contributed by atoms with E-state index in [1.165, 1.54) is 4.90 Å². The maximum absolute atomic E-state index is 11.7. The molecule has 1 saturated heterocycles. The maximum Gasteiger partial charge on any atom is 0.410 e. The number of nitrogens with one attached hydrogen (secondary N) is 2. The number of aliphatic hydroxyl groups is 1. The van der Waals surface area contributed by atoms with Crippen molar-refractivity contribution in [2.24, 2.45) is 0 Å². The van der Waals surface area contributed by atoms with Crippen molar-refractivity contribution in [1.82, 2.24) is 9.88 Å². The van der Waals surface area contributed by atoms with Crippen molar-refractivity contribution in [2.75, 3.05) is 39.3 Å². The van der Waals surface area contributed by atoms with Gasteiger partial charge >= 0.3 is 6.09 Å². The number of carbonyl (C=O) groups excluding carboxylic acids is 1. The number of aliphatic hydroxyl groups excluding tert-OH is 1. The van der Waals surface area contributed by atoms with Crippen LogP contribution in [0, 0.1) is 0 Å². The average molecular weight is 318 g/mol. The number of carbonyl (C=O) groups is 1. The van der Waals surface area contributed by atoms with Crippen LogP contribution in [-0.4, -0.2) is 60.4 Å². The number of aromatic nitrogens is 1. The van der Waals surface area contributed by atoms with Crippen molar-refractivity contribution in [3.63, 3.8) is 0 Å². The van der Waals surface area contributed by atoms with Crippen LogP contribution in [0.5, 0.6) is 0 Å². The fourth-order valence-corrected chi connectivity index (χ4v) is 3.18. The molecular weight excluding hydrogens is 294 g/mol. The van der Waals surface area contributed by atoms with Gasteiger partial charge < -0.3 is 19.7 Å². The lowest BCUT2D eigenvalue weighted by Gasteiger charge is -2.32. The van der Waals surface area contributed by atoms with Gasteiger partial charge in [0.1, 0.15) is 12.6 Å². The zero-order chi connectivity index (χ0) is 16.2. The summed E-state index contributed by atoms with van der Waals surface area (Å²) in [5.41, 5.74) is 1.99. The Morgan fingerprint density at radius 2 is 2.13 bits per heavy atom. The number of benzene rings is 1. The summed E-state index contributed by atoms with van der Waals surface area (Å²) in [7, 11) is 0. The summed E-state index contributed by atoms with van der Waals surface area (Å²) in [5, 5.41) is 11.6. The number of hydrogen-bond donors (Lipinski definition) is 3. The largest absolute Gasteiger partial charge is 0.450 e. The highest BCUT2D eigenvalue weighted by Crippen LogP contribution is 2.23. The van der Waals surface area contributed by atoms with Gasteiger partial charge in [-0.15, -0.1) is 0 Å². The van der Waals surface area contributed by atoms with Gasteiger partial charge in [0.15, 0.2) is 0 Å². The lowest BCUT2D eigenvalue weighted by Crippen LogP contribution is -3.15. The molecule has 3 rings (SSSR count). The van der Waals surface area contributed by atoms with Gasteiger partial charge in [-0.1, -0.05) is 18.2 Å². The second kappa shape index (κ2) is 7.02. The Morgan fingerprint density at radius 1 is 1.39 bits per heavy atom. The van der Waals surface area contributed by atoms with Gasteiger partial charge in [0.25, 0.3) is 0 Å². The lowest BCUT2D eigenvalue weighted by atomic mass is 10.1. The van der Waals surface area contributed by atoms with Crippen molar-refractivity contribution >= 4 is 17.0 Å². The molecule has 0 saturated carbocycles. The minimum absolute atomic E-state index is 0.233. The third kappa shape index (κ3) is 3.48. The van der Waals surface area contributed by atoms with Crippen molar-refractivity contribution in [3.8, 4) is 0 Å². The van der Waals surface area contributed by atoms with Gasteiger partial charge in [-0.3, -0.25) is 4.90 Å². The number of nitrogens with zero attached hydrogens (tertiary/aromatic N) is 1. The second-order valence-corrected chi connectivity index (χ2v) is 5.95. The molecular formula is C17H24N3O3+. The number of para-hydroxylation sites is 1. The minimum atomic E-state index is -0.504. The van der Waals surface area contributed by atoms with E-state index in [1.54, 1.807) is 4.90 Å². The molecule has 0 bridgehead atoms. The Bertz CT molecular complexity index is 662. The molecule has 1 amide bonds. The van der Waals surface area contributed by atoms with E-state index >= 15 is 0 Å². The number of aromatic amines is 1. The molecule has 3 N–H and O–H groups in total. The standard InChI is InChI=1S/C17H23N3O3/c1-2-23-17(22)20-9-7-19(8-10-20)12-16(21)14-11-18-15-6-4-3-5-13(14)15/h3-6,11,16,18,21H,2,7-10,12H2,1H3/p+1/t16-/m0/s1. The molecule has 124 valence electrons. The Labute approximate surface area is 135 Å². The van der Waals surface area contributed by atoms with Crippen LogP contribution in [-0.2, 0) is 4.74 Å². The number of H-pyrrole nitrogens is 1. The average Bonchev–Trinajstić information content (AvgIpc) is 3.00. The summed E-state index contributed by atoms with van der Waals surface area (Å²) in [5.74, 6) is 0. The first kappa shape index (κ1) is 15.8. The predicted octanol–water partition coefficient (Wildman–Crippen LogP) is 0.558. The van der Waals surface area contributed by atoms with E-state index in [4.69, 9.17) is 4.74 Å². The maximum atomic E-state index is 11.7. The Morgan fingerprint density at radius 3 is 2.87 bits per heavy atom. The smallest absolute Gasteiger partial charge is 0.410 e. The first-order chi connectivity index (χ1) is 11.2. The molecule has 1 fully saturated rings. The van der Waals surface area contributed by atoms with Crippen molar-refractivity contribution in [1.29, 1.82) is 0 Å². The first-order valence-electron chi connectivity index (χ1n) is 8.18. The number of quaternary nitrogens is 1. The molecule has 0 aliphatic carbocycles. The van der Waals surface area contributed by atoms with Crippen LogP contribution in [0.3, 0.4) is 0 Å². The molecule has 1 aromatic heterocycles. The lowest BCUT2D eigenvalue weighted by molar-refractivity contribution is -0.907. The first-order valence-corrected chi connectivity index (χ1v) is 8.18. The van der Waals surface area contributed by atoms with E-state index < -0.39 is 6.10 Å². The minimum Gasteiger partial charge on any atom is -0.450 e. The summed E-state index contributed by atoms with van der Waals surface area (Å²) < 4.78 is 5.03. The number of ether oxygens (including phenoxy) is 1. The molecule has 23 heavy (non-hydrogen) atoms. The Kier molecular flexibility index (Phi) is 4.83. The van der Waals surface area contributed by atoms with E-state index in [-0.39, 0.29) is 6.09 Å². The van der Waals surface area contributed by atoms with Gasteiger partial charge in [-0.25, -0.2) is 4.79 Å². The van der Waals surface area contributed by atoms with Gasteiger partial charge in [-0.2, -0.15) is 0 Å². The third-order valence-corrected chi connectivity index (χ3v) is 4.46. The third-order valence-electron chi connectivity index (χ3n) is 4.46. The summed E-state index contributed by atoms with van der Waals surface area (Å²) in [6.45, 7) is 5.89. The molecule has 1 atom stereocenters. The quantitative estimate of drug-likeness (QED) is 0.771. The van der Waals surface area contributed by atoms with Crippen LogP contribution in [0.2, 0.25) is 0 Å². The van der Waals surface area contributed by atoms with Crippen LogP contribution >= 0.6 is 0 Å². The highest BCUT2D eigenvalue weighted by atomic mass is 16.6. The van der Waals surface area contributed by atoms with Gasteiger partial charge in [0, 0.05) is 22.7 Å². The normalized spacial score (nSPS) is 17.4. The fraction of sp³-hybridized carbons (Fsp3) is 0.471. The second-order valence-electron chi connectivity index (χ2n) is 5.95. The number of hydrogen-bond acceptors (Lipinski definition) is 3. The van der Waals surface area contributed by atoms with Crippen LogP contribution in [0.15, 0.2) is 30.5 Å². The number of piperazine rings is 1. The van der Waals surface area contributed by atoms with Gasteiger partial charge in [0.05, 0.1) is 32.8 Å². The number of rotatable bonds is 4. The highest BCUT2D eigenvalue weighted by Gasteiger charge is 2.27. The van der Waals surface area contributed by atoms with Gasteiger partial charge in [-0.05, 0) is 13.0 Å². The zero-order valence-electron chi connectivity index (χ0n) is 13.4. The summed E-state index contributed by atoms with van der Waals surface area (Å²) >= 11 is 0. The van der Waals surface area contributed by atoms with Crippen molar-refractivity contribution < 1.29 is 19.5 Å². The van der Waals surface area contributed by atoms with E-state index in [2.05, 4.69) is 4.98 Å². The molecule has 0 unspecified atom stereocenters. The van der Waals surface area contributed by atoms with Crippen LogP contribution in [0.4, 0.5) is 4.79 Å². The van der Waals surface area contributed by atoms with Crippen molar-refractivity contribution in [3.05, 3.63) is 36.0 Å². The molecule has 1 aromatic carbocycles. The molecule has 0 radical (unpaired) electrons. The van der Waals surface area contributed by atoms with Crippen LogP contribution in [0.1, 0.15) is 18.6 Å². The van der Waals surface area contributed by atoms with Crippen LogP contribution in [0.25, 0.3) is 10.9 Å². The van der Waals surface area contributed by atoms with Crippen LogP contribution < -0.4 is 4.90 Å². The Hall–Kier alpha value is -2.05. The summed E-state index contributed by atoms with van der Waals surface area (Å²) in [6.07, 6.45) is 1.16. The highest BCUT2D eigenvalue weighted by molar-refractivity contribution is 5.83. The Balaban J connectivity index is 1.57. The monoisotopic (exact) mass is 318 g/mol. The van der Waals surface area contributed by atoms with E-state index in [0.717, 1.165) is 29.6 Å². The molecule has 1 aliphatic heterocycles. The molecule has 1 aliphatic rings. The summed E-state index contributed by atoms with van der Waals surface area (Å²) in [4.78, 5) is 18.0.